The van der Waals surface area contributed by atoms with E-state index in [1.807, 2.05) is 31.2 Å². The van der Waals surface area contributed by atoms with Gasteiger partial charge in [-0.15, -0.1) is 0 Å². The van der Waals surface area contributed by atoms with Crippen LogP contribution in [0.15, 0.2) is 40.4 Å². The SMILES string of the molecule is Cc1cnc(Cl)nc1Sc1cccc(Cl)c1. The van der Waals surface area contributed by atoms with E-state index >= 15 is 0 Å². The molecule has 2 rings (SSSR count). The summed E-state index contributed by atoms with van der Waals surface area (Å²) in [6.07, 6.45) is 1.71. The van der Waals surface area contributed by atoms with Crippen LogP contribution in [0.2, 0.25) is 10.3 Å². The molecule has 1 aromatic carbocycles. The molecule has 0 aliphatic heterocycles. The van der Waals surface area contributed by atoms with Crippen molar-refractivity contribution < 1.29 is 0 Å². The molecule has 0 N–H and O–H groups in total. The van der Waals surface area contributed by atoms with Crippen molar-refractivity contribution in [1.82, 2.24) is 9.97 Å². The molecule has 2 nitrogen and oxygen atoms in total. The fourth-order valence-electron chi connectivity index (χ4n) is 1.15. The number of benzene rings is 1. The van der Waals surface area contributed by atoms with Gasteiger partial charge in [0.05, 0.1) is 0 Å². The second kappa shape index (κ2) is 5.04. The predicted molar refractivity (Wildman–Crippen MR) is 67.4 cm³/mol. The molecule has 82 valence electrons. The van der Waals surface area contributed by atoms with Crippen LogP contribution in [0.25, 0.3) is 0 Å². The van der Waals surface area contributed by atoms with Crippen molar-refractivity contribution in [2.75, 3.05) is 0 Å². The highest BCUT2D eigenvalue weighted by Gasteiger charge is 2.05. The molecule has 2 aromatic rings. The monoisotopic (exact) mass is 270 g/mol. The Balaban J connectivity index is 2.30. The summed E-state index contributed by atoms with van der Waals surface area (Å²) in [5.41, 5.74) is 0.995. The van der Waals surface area contributed by atoms with E-state index in [4.69, 9.17) is 23.2 Å². The molecule has 0 unspecified atom stereocenters. The van der Waals surface area contributed by atoms with Crippen molar-refractivity contribution in [2.24, 2.45) is 0 Å². The Hall–Kier alpha value is -0.770. The highest BCUT2D eigenvalue weighted by atomic mass is 35.5. The molecule has 0 atom stereocenters. The van der Waals surface area contributed by atoms with Crippen LogP contribution >= 0.6 is 35.0 Å². The topological polar surface area (TPSA) is 25.8 Å². The molecule has 0 bridgehead atoms. The largest absolute Gasteiger partial charge is 0.226 e. The van der Waals surface area contributed by atoms with Gasteiger partial charge >= 0.3 is 0 Å². The van der Waals surface area contributed by atoms with Crippen molar-refractivity contribution in [1.29, 1.82) is 0 Å². The minimum absolute atomic E-state index is 0.259. The average Bonchev–Trinajstić information content (AvgIpc) is 2.24. The zero-order chi connectivity index (χ0) is 11.5. The van der Waals surface area contributed by atoms with E-state index in [1.165, 1.54) is 11.8 Å². The number of aromatic nitrogens is 2. The Bertz CT molecular complexity index is 517. The number of hydrogen-bond acceptors (Lipinski definition) is 3. The average molecular weight is 271 g/mol. The van der Waals surface area contributed by atoms with Gasteiger partial charge in [0.25, 0.3) is 0 Å². The lowest BCUT2D eigenvalue weighted by molar-refractivity contribution is 1.00. The van der Waals surface area contributed by atoms with E-state index in [-0.39, 0.29) is 5.28 Å². The molecule has 5 heteroatoms. The van der Waals surface area contributed by atoms with E-state index in [0.717, 1.165) is 15.5 Å². The van der Waals surface area contributed by atoms with Gasteiger partial charge < -0.3 is 0 Å². The Kier molecular flexibility index (Phi) is 3.69. The number of nitrogens with zero attached hydrogens (tertiary/aromatic N) is 2. The van der Waals surface area contributed by atoms with E-state index in [0.29, 0.717) is 5.02 Å². The molecule has 0 saturated carbocycles. The van der Waals surface area contributed by atoms with E-state index < -0.39 is 0 Å². The summed E-state index contributed by atoms with van der Waals surface area (Å²) in [6.45, 7) is 1.95. The molecule has 0 fully saturated rings. The summed E-state index contributed by atoms with van der Waals surface area (Å²) in [7, 11) is 0. The van der Waals surface area contributed by atoms with Gasteiger partial charge in [0.1, 0.15) is 5.03 Å². The number of hydrogen-bond donors (Lipinski definition) is 0. The fraction of sp³-hybridized carbons (Fsp3) is 0.0909. The first-order chi connectivity index (χ1) is 7.65. The quantitative estimate of drug-likeness (QED) is 0.603. The van der Waals surface area contributed by atoms with Crippen molar-refractivity contribution in [3.05, 3.63) is 46.3 Å². The van der Waals surface area contributed by atoms with Gasteiger partial charge in [-0.3, -0.25) is 0 Å². The first-order valence-corrected chi connectivity index (χ1v) is 6.15. The molecule has 0 aliphatic carbocycles. The number of halogens is 2. The van der Waals surface area contributed by atoms with Gasteiger partial charge in [-0.2, -0.15) is 0 Å². The lowest BCUT2D eigenvalue weighted by Gasteiger charge is -2.04. The van der Waals surface area contributed by atoms with Crippen molar-refractivity contribution in [3.63, 3.8) is 0 Å². The normalized spacial score (nSPS) is 10.4. The second-order valence-electron chi connectivity index (χ2n) is 3.19. The minimum Gasteiger partial charge on any atom is -0.226 e. The van der Waals surface area contributed by atoms with E-state index in [9.17, 15) is 0 Å². The highest BCUT2D eigenvalue weighted by molar-refractivity contribution is 7.99. The van der Waals surface area contributed by atoms with Crippen LogP contribution < -0.4 is 0 Å². The summed E-state index contributed by atoms with van der Waals surface area (Å²) >= 11 is 13.2. The molecule has 0 radical (unpaired) electrons. The number of rotatable bonds is 2. The van der Waals surface area contributed by atoms with Gasteiger partial charge in [0.2, 0.25) is 5.28 Å². The van der Waals surface area contributed by atoms with Gasteiger partial charge in [-0.05, 0) is 36.7 Å². The zero-order valence-electron chi connectivity index (χ0n) is 8.45. The maximum absolute atomic E-state index is 5.91. The smallest absolute Gasteiger partial charge is 0.223 e. The third-order valence-corrected chi connectivity index (χ3v) is 3.42. The van der Waals surface area contributed by atoms with Crippen LogP contribution in [-0.4, -0.2) is 9.97 Å². The maximum atomic E-state index is 5.91. The molecule has 0 spiro atoms. The lowest BCUT2D eigenvalue weighted by atomic mass is 10.4. The summed E-state index contributed by atoms with van der Waals surface area (Å²) < 4.78 is 0. The summed E-state index contributed by atoms with van der Waals surface area (Å²) in [5.74, 6) is 0. The van der Waals surface area contributed by atoms with Crippen molar-refractivity contribution in [3.8, 4) is 0 Å². The molecular weight excluding hydrogens is 263 g/mol. The summed E-state index contributed by atoms with van der Waals surface area (Å²) in [6, 6.07) is 7.61. The molecule has 0 aliphatic rings. The lowest BCUT2D eigenvalue weighted by Crippen LogP contribution is -1.89. The first-order valence-electron chi connectivity index (χ1n) is 4.58. The molecule has 0 saturated heterocycles. The fourth-order valence-corrected chi connectivity index (χ4v) is 2.49. The maximum Gasteiger partial charge on any atom is 0.223 e. The van der Waals surface area contributed by atoms with E-state index in [1.54, 1.807) is 6.20 Å². The third kappa shape index (κ3) is 2.88. The zero-order valence-corrected chi connectivity index (χ0v) is 10.8. The summed E-state index contributed by atoms with van der Waals surface area (Å²) in [5, 5.41) is 1.82. The molecule has 1 aromatic heterocycles. The molecule has 1 heterocycles. The first kappa shape index (κ1) is 11.7. The van der Waals surface area contributed by atoms with E-state index in [2.05, 4.69) is 9.97 Å². The molecule has 0 amide bonds. The predicted octanol–water partition coefficient (Wildman–Crippen LogP) is 4.24. The van der Waals surface area contributed by atoms with Crippen molar-refractivity contribution >= 4 is 35.0 Å². The standard InChI is InChI=1S/C11H8Cl2N2S/c1-7-6-14-11(13)15-10(7)16-9-4-2-3-8(12)5-9/h2-6H,1H3. The third-order valence-electron chi connectivity index (χ3n) is 1.91. The van der Waals surface area contributed by atoms with Gasteiger partial charge in [-0.1, -0.05) is 29.4 Å². The molecule has 16 heavy (non-hydrogen) atoms. The van der Waals surface area contributed by atoms with Crippen LogP contribution in [0.4, 0.5) is 0 Å². The van der Waals surface area contributed by atoms with Crippen LogP contribution in [-0.2, 0) is 0 Å². The van der Waals surface area contributed by atoms with Gasteiger partial charge in [-0.25, -0.2) is 9.97 Å². The molecular formula is C11H8Cl2N2S. The number of aryl methyl sites for hydroxylation is 1. The second-order valence-corrected chi connectivity index (χ2v) is 5.02. The van der Waals surface area contributed by atoms with Crippen LogP contribution in [0.3, 0.4) is 0 Å². The van der Waals surface area contributed by atoms with Crippen molar-refractivity contribution in [2.45, 2.75) is 16.8 Å². The minimum atomic E-state index is 0.259. The highest BCUT2D eigenvalue weighted by Crippen LogP contribution is 2.30. The van der Waals surface area contributed by atoms with Crippen LogP contribution in [0, 0.1) is 6.92 Å². The summed E-state index contributed by atoms with van der Waals surface area (Å²) in [4.78, 5) is 9.12. The van der Waals surface area contributed by atoms with Crippen LogP contribution in [0.5, 0.6) is 0 Å². The Morgan fingerprint density at radius 2 is 2.06 bits per heavy atom. The van der Waals surface area contributed by atoms with Gasteiger partial charge in [0.15, 0.2) is 0 Å². The van der Waals surface area contributed by atoms with Crippen LogP contribution in [0.1, 0.15) is 5.56 Å². The Labute approximate surface area is 108 Å². The Morgan fingerprint density at radius 1 is 1.25 bits per heavy atom. The Morgan fingerprint density at radius 3 is 2.81 bits per heavy atom. The van der Waals surface area contributed by atoms with Gasteiger partial charge in [0, 0.05) is 21.7 Å².